The van der Waals surface area contributed by atoms with Crippen LogP contribution in [-0.4, -0.2) is 47.3 Å². The Morgan fingerprint density at radius 2 is 2.00 bits per heavy atom. The van der Waals surface area contributed by atoms with Crippen molar-refractivity contribution in [2.45, 2.75) is 38.6 Å². The molecule has 0 saturated heterocycles. The van der Waals surface area contributed by atoms with Gasteiger partial charge in [-0.05, 0) is 68.2 Å². The van der Waals surface area contributed by atoms with Gasteiger partial charge in [0.05, 0.1) is 12.5 Å². The predicted molar refractivity (Wildman–Crippen MR) is 105 cm³/mol. The molecule has 146 valence electrons. The van der Waals surface area contributed by atoms with E-state index in [4.69, 9.17) is 16.3 Å². The molecular weight excluding hydrogens is 366 g/mol. The molecule has 3 aliphatic rings. The topological polar surface area (TPSA) is 71.8 Å². The van der Waals surface area contributed by atoms with E-state index in [1.54, 1.807) is 4.52 Å². The summed E-state index contributed by atoms with van der Waals surface area (Å²) in [6.45, 7) is 2.27. The van der Waals surface area contributed by atoms with Crippen LogP contribution in [0.3, 0.4) is 0 Å². The van der Waals surface area contributed by atoms with Crippen LogP contribution in [-0.2, 0) is 9.53 Å². The Morgan fingerprint density at radius 1 is 1.30 bits per heavy atom. The second-order valence-corrected chi connectivity index (χ2v) is 8.07. The molecule has 2 aromatic rings. The number of hydrogen-bond acceptors (Lipinski definition) is 6. The quantitative estimate of drug-likeness (QED) is 0.789. The van der Waals surface area contributed by atoms with E-state index in [0.29, 0.717) is 24.3 Å². The number of anilines is 2. The zero-order valence-electron chi connectivity index (χ0n) is 16.0. The van der Waals surface area contributed by atoms with Crippen LogP contribution in [0, 0.1) is 17.8 Å². The molecule has 0 amide bonds. The normalized spacial score (nSPS) is 27.0. The molecule has 3 saturated carbocycles. The number of halogens is 1. The minimum absolute atomic E-state index is 0.0176. The van der Waals surface area contributed by atoms with Crippen LogP contribution >= 0.6 is 11.6 Å². The lowest BCUT2D eigenvalue weighted by Gasteiger charge is -2.47. The van der Waals surface area contributed by atoms with Crippen molar-refractivity contribution in [1.82, 2.24) is 14.6 Å². The number of hydrogen-bond donors (Lipinski definition) is 1. The number of aromatic nitrogens is 3. The summed E-state index contributed by atoms with van der Waals surface area (Å²) in [5.41, 5.74) is 0.854. The van der Waals surface area contributed by atoms with Crippen molar-refractivity contribution in [3.05, 3.63) is 17.4 Å². The second kappa shape index (κ2) is 7.19. The van der Waals surface area contributed by atoms with Gasteiger partial charge in [-0.1, -0.05) is 0 Å². The molecule has 0 aromatic carbocycles. The summed E-state index contributed by atoms with van der Waals surface area (Å²) in [4.78, 5) is 19.1. The van der Waals surface area contributed by atoms with Crippen LogP contribution in [0.5, 0.6) is 0 Å². The third kappa shape index (κ3) is 3.22. The lowest BCUT2D eigenvalue weighted by molar-refractivity contribution is -0.154. The highest BCUT2D eigenvalue weighted by molar-refractivity contribution is 6.28. The van der Waals surface area contributed by atoms with Crippen LogP contribution in [0.15, 0.2) is 12.1 Å². The minimum atomic E-state index is -0.130. The van der Waals surface area contributed by atoms with Gasteiger partial charge in [-0.3, -0.25) is 4.79 Å². The summed E-state index contributed by atoms with van der Waals surface area (Å²) >= 11 is 6.21. The first-order valence-electron chi connectivity index (χ1n) is 9.65. The lowest BCUT2D eigenvalue weighted by atomic mass is 9.61. The van der Waals surface area contributed by atoms with Gasteiger partial charge >= 0.3 is 5.97 Å². The Morgan fingerprint density at radius 3 is 2.67 bits per heavy atom. The van der Waals surface area contributed by atoms with Crippen molar-refractivity contribution in [3.8, 4) is 0 Å². The fraction of sp³-hybridized carbons (Fsp3) is 0.632. The van der Waals surface area contributed by atoms with E-state index in [0.717, 1.165) is 37.0 Å². The molecule has 1 N–H and O–H groups in total. The molecule has 0 spiro atoms. The first-order valence-corrected chi connectivity index (χ1v) is 10.0. The molecule has 2 aromatic heterocycles. The lowest BCUT2D eigenvalue weighted by Crippen LogP contribution is -2.52. The number of ether oxygens (including phenoxy) is 1. The van der Waals surface area contributed by atoms with Gasteiger partial charge in [-0.15, -0.1) is 5.10 Å². The second-order valence-electron chi connectivity index (χ2n) is 7.74. The fourth-order valence-corrected chi connectivity index (χ4v) is 4.95. The maximum absolute atomic E-state index is 12.7. The van der Waals surface area contributed by atoms with Crippen molar-refractivity contribution in [1.29, 1.82) is 0 Å². The van der Waals surface area contributed by atoms with E-state index in [1.807, 2.05) is 38.1 Å². The van der Waals surface area contributed by atoms with Crippen LogP contribution in [0.4, 0.5) is 11.6 Å². The first-order chi connectivity index (χ1) is 13.0. The van der Waals surface area contributed by atoms with Crippen LogP contribution in [0.1, 0.15) is 32.6 Å². The van der Waals surface area contributed by atoms with Crippen LogP contribution < -0.4 is 10.2 Å². The molecule has 3 fully saturated rings. The third-order valence-corrected chi connectivity index (χ3v) is 6.16. The maximum Gasteiger partial charge on any atom is 0.311 e. The number of nitrogens with one attached hydrogen (secondary N) is 1. The summed E-state index contributed by atoms with van der Waals surface area (Å²) in [7, 11) is 3.92. The minimum Gasteiger partial charge on any atom is -0.466 e. The Bertz CT molecular complexity index is 844. The molecule has 2 heterocycles. The monoisotopic (exact) mass is 391 g/mol. The summed E-state index contributed by atoms with van der Waals surface area (Å²) in [6.07, 6.45) is 4.47. The molecule has 7 nitrogen and oxygen atoms in total. The van der Waals surface area contributed by atoms with Crippen molar-refractivity contribution in [3.63, 3.8) is 0 Å². The van der Waals surface area contributed by atoms with Crippen molar-refractivity contribution in [2.24, 2.45) is 17.8 Å². The Labute approximate surface area is 164 Å². The molecule has 2 bridgehead atoms. The molecule has 27 heavy (non-hydrogen) atoms. The largest absolute Gasteiger partial charge is 0.466 e. The van der Waals surface area contributed by atoms with Gasteiger partial charge in [-0.2, -0.15) is 4.98 Å². The number of esters is 1. The average Bonchev–Trinajstić information content (AvgIpc) is 3.07. The Hall–Kier alpha value is -2.02. The number of rotatable bonds is 5. The summed E-state index contributed by atoms with van der Waals surface area (Å²) in [5, 5.41) is 8.08. The predicted octanol–water partition coefficient (Wildman–Crippen LogP) is 3.23. The van der Waals surface area contributed by atoms with E-state index in [-0.39, 0.29) is 23.2 Å². The van der Waals surface area contributed by atoms with E-state index >= 15 is 0 Å². The fourth-order valence-electron chi connectivity index (χ4n) is 4.79. The van der Waals surface area contributed by atoms with Crippen LogP contribution in [0.25, 0.3) is 5.52 Å². The smallest absolute Gasteiger partial charge is 0.311 e. The highest BCUT2D eigenvalue weighted by Gasteiger charge is 2.48. The highest BCUT2D eigenvalue weighted by atomic mass is 35.5. The van der Waals surface area contributed by atoms with Gasteiger partial charge in [0.1, 0.15) is 11.3 Å². The summed E-state index contributed by atoms with van der Waals surface area (Å²) < 4.78 is 7.19. The molecule has 2 atom stereocenters. The van der Waals surface area contributed by atoms with Gasteiger partial charge in [-0.25, -0.2) is 4.52 Å². The van der Waals surface area contributed by atoms with E-state index < -0.39 is 0 Å². The van der Waals surface area contributed by atoms with Gasteiger partial charge in [0.2, 0.25) is 5.28 Å². The van der Waals surface area contributed by atoms with Crippen molar-refractivity contribution in [2.75, 3.05) is 30.9 Å². The number of carbonyl (C=O) groups excluding carboxylic acids is 1. The molecule has 5 rings (SSSR count). The van der Waals surface area contributed by atoms with Crippen LogP contribution in [0.2, 0.25) is 5.28 Å². The average molecular weight is 392 g/mol. The van der Waals surface area contributed by atoms with Crippen molar-refractivity contribution < 1.29 is 9.53 Å². The number of fused-ring (bicyclic) bond motifs is 4. The molecular formula is C19H26ClN5O2. The Kier molecular flexibility index (Phi) is 4.88. The van der Waals surface area contributed by atoms with E-state index in [1.165, 1.54) is 0 Å². The maximum atomic E-state index is 12.7. The summed E-state index contributed by atoms with van der Waals surface area (Å²) in [5.74, 6) is 2.20. The van der Waals surface area contributed by atoms with E-state index in [2.05, 4.69) is 15.4 Å². The highest BCUT2D eigenvalue weighted by Crippen LogP contribution is 2.47. The Balaban J connectivity index is 1.70. The molecule has 0 unspecified atom stereocenters. The third-order valence-electron chi connectivity index (χ3n) is 6.00. The summed E-state index contributed by atoms with van der Waals surface area (Å²) in [6, 6.07) is 3.99. The zero-order chi connectivity index (χ0) is 19.1. The van der Waals surface area contributed by atoms with Crippen molar-refractivity contribution >= 4 is 34.7 Å². The number of nitrogens with zero attached hydrogens (tertiary/aromatic N) is 4. The molecule has 3 aliphatic carbocycles. The first kappa shape index (κ1) is 18.3. The van der Waals surface area contributed by atoms with Gasteiger partial charge in [0.25, 0.3) is 0 Å². The zero-order valence-corrected chi connectivity index (χ0v) is 16.7. The SMILES string of the molecule is CCOC(=O)[C@H]1C2CCC(CC2)[C@@H]1Nc1nc(Cl)nn2c(N(C)C)ccc12. The van der Waals surface area contributed by atoms with Gasteiger partial charge in [0, 0.05) is 20.1 Å². The van der Waals surface area contributed by atoms with Gasteiger partial charge in [0.15, 0.2) is 5.82 Å². The number of carbonyl (C=O) groups is 1. The van der Waals surface area contributed by atoms with Gasteiger partial charge < -0.3 is 15.0 Å². The molecule has 0 radical (unpaired) electrons. The van der Waals surface area contributed by atoms with E-state index in [9.17, 15) is 4.79 Å². The molecule has 0 aliphatic heterocycles. The molecule has 8 heteroatoms. The standard InChI is InChI=1S/C19H26ClN5O2/c1-4-27-18(26)15-11-5-7-12(8-6-11)16(15)21-17-13-9-10-14(24(2)3)25(13)23-19(20)22-17/h9-12,15-16H,4-8H2,1-3H3,(H,21,22,23)/t11?,12?,15-,16-/m0/s1.